The fourth-order valence-corrected chi connectivity index (χ4v) is 3.99. The number of hydrogen-bond acceptors (Lipinski definition) is 3. The SMILES string of the molecule is CC1CN(CCc2ccnn2C)C2(CCCCC2)CN1. The highest BCUT2D eigenvalue weighted by Gasteiger charge is 2.40. The lowest BCUT2D eigenvalue weighted by atomic mass is 9.78. The molecule has 20 heavy (non-hydrogen) atoms. The van der Waals surface area contributed by atoms with Gasteiger partial charge in [-0.05, 0) is 25.8 Å². The molecule has 1 atom stereocenters. The number of nitrogens with one attached hydrogen (secondary N) is 1. The van der Waals surface area contributed by atoms with E-state index >= 15 is 0 Å². The zero-order valence-corrected chi connectivity index (χ0v) is 12.9. The Morgan fingerprint density at radius 2 is 2.15 bits per heavy atom. The first-order chi connectivity index (χ1) is 9.70. The summed E-state index contributed by atoms with van der Waals surface area (Å²) in [6, 6.07) is 2.77. The first-order valence-electron chi connectivity index (χ1n) is 8.15. The average Bonchev–Trinajstić information content (AvgIpc) is 2.87. The van der Waals surface area contributed by atoms with Crippen LogP contribution in [0.25, 0.3) is 0 Å². The first-order valence-corrected chi connectivity index (χ1v) is 8.15. The standard InChI is InChI=1S/C16H28N4/c1-14-12-20(11-7-15-6-10-18-19(15)2)16(13-17-14)8-4-3-5-9-16/h6,10,14,17H,3-5,7-9,11-13H2,1-2H3. The summed E-state index contributed by atoms with van der Waals surface area (Å²) in [5.74, 6) is 0. The van der Waals surface area contributed by atoms with E-state index in [0.717, 1.165) is 6.42 Å². The van der Waals surface area contributed by atoms with Gasteiger partial charge < -0.3 is 5.32 Å². The van der Waals surface area contributed by atoms with Gasteiger partial charge in [0.05, 0.1) is 0 Å². The Bertz CT molecular complexity index is 433. The highest BCUT2D eigenvalue weighted by molar-refractivity contribution is 5.04. The van der Waals surface area contributed by atoms with Crippen molar-refractivity contribution < 1.29 is 0 Å². The molecule has 1 saturated carbocycles. The quantitative estimate of drug-likeness (QED) is 0.916. The Morgan fingerprint density at radius 3 is 2.85 bits per heavy atom. The summed E-state index contributed by atoms with van der Waals surface area (Å²) >= 11 is 0. The van der Waals surface area contributed by atoms with Gasteiger partial charge in [0.15, 0.2) is 0 Å². The van der Waals surface area contributed by atoms with Crippen LogP contribution in [0.4, 0.5) is 0 Å². The molecule has 1 spiro atoms. The van der Waals surface area contributed by atoms with Crippen molar-refractivity contribution in [2.24, 2.45) is 7.05 Å². The molecule has 2 fully saturated rings. The number of aromatic nitrogens is 2. The number of piperazine rings is 1. The van der Waals surface area contributed by atoms with Crippen molar-refractivity contribution in [1.29, 1.82) is 0 Å². The molecule has 0 bridgehead atoms. The van der Waals surface area contributed by atoms with Crippen LogP contribution < -0.4 is 5.32 Å². The van der Waals surface area contributed by atoms with Crippen LogP contribution in [-0.4, -0.2) is 45.9 Å². The molecule has 1 aromatic rings. The molecule has 4 heteroatoms. The molecule has 2 heterocycles. The Hall–Kier alpha value is -0.870. The van der Waals surface area contributed by atoms with Crippen LogP contribution in [0.5, 0.6) is 0 Å². The Morgan fingerprint density at radius 1 is 1.35 bits per heavy atom. The summed E-state index contributed by atoms with van der Waals surface area (Å²) in [6.07, 6.45) is 10.00. The fraction of sp³-hybridized carbons (Fsp3) is 0.812. The van der Waals surface area contributed by atoms with Crippen LogP contribution in [0, 0.1) is 0 Å². The normalized spacial score (nSPS) is 27.0. The fourth-order valence-electron chi connectivity index (χ4n) is 3.99. The molecule has 0 radical (unpaired) electrons. The second-order valence-electron chi connectivity index (χ2n) is 6.71. The largest absolute Gasteiger partial charge is 0.311 e. The minimum atomic E-state index is 0.434. The molecule has 0 aromatic carbocycles. The molecule has 1 aliphatic heterocycles. The van der Waals surface area contributed by atoms with E-state index in [2.05, 4.69) is 28.3 Å². The van der Waals surface area contributed by atoms with Crippen LogP contribution in [0.3, 0.4) is 0 Å². The summed E-state index contributed by atoms with van der Waals surface area (Å²) in [5.41, 5.74) is 1.78. The van der Waals surface area contributed by atoms with Gasteiger partial charge in [-0.3, -0.25) is 9.58 Å². The van der Waals surface area contributed by atoms with Gasteiger partial charge in [-0.25, -0.2) is 0 Å². The molecule has 1 aromatic heterocycles. The van der Waals surface area contributed by atoms with E-state index in [9.17, 15) is 0 Å². The summed E-state index contributed by atoms with van der Waals surface area (Å²) in [5, 5.41) is 8.00. The lowest BCUT2D eigenvalue weighted by molar-refractivity contribution is 0.0134. The smallest absolute Gasteiger partial charge is 0.0492 e. The molecule has 112 valence electrons. The lowest BCUT2D eigenvalue weighted by Crippen LogP contribution is -2.64. The Labute approximate surface area is 122 Å². The topological polar surface area (TPSA) is 33.1 Å². The van der Waals surface area contributed by atoms with Crippen molar-refractivity contribution in [3.63, 3.8) is 0 Å². The molecule has 2 aliphatic rings. The number of aryl methyl sites for hydroxylation is 1. The first kappa shape index (κ1) is 14.1. The van der Waals surface area contributed by atoms with E-state index in [1.54, 1.807) is 0 Å². The minimum absolute atomic E-state index is 0.434. The molecule has 0 amide bonds. The third-order valence-corrected chi connectivity index (χ3v) is 5.29. The van der Waals surface area contributed by atoms with Crippen molar-refractivity contribution >= 4 is 0 Å². The Balaban J connectivity index is 1.68. The van der Waals surface area contributed by atoms with E-state index in [4.69, 9.17) is 0 Å². The van der Waals surface area contributed by atoms with Gasteiger partial charge in [0.1, 0.15) is 0 Å². The van der Waals surface area contributed by atoms with Crippen LogP contribution in [0.2, 0.25) is 0 Å². The third kappa shape index (κ3) is 2.77. The van der Waals surface area contributed by atoms with Crippen LogP contribution in [0.1, 0.15) is 44.7 Å². The molecule has 4 nitrogen and oxygen atoms in total. The van der Waals surface area contributed by atoms with Gasteiger partial charge in [0.25, 0.3) is 0 Å². The maximum Gasteiger partial charge on any atom is 0.0492 e. The molecule has 1 unspecified atom stereocenters. The third-order valence-electron chi connectivity index (χ3n) is 5.29. The molecular weight excluding hydrogens is 248 g/mol. The molecule has 1 saturated heterocycles. The van der Waals surface area contributed by atoms with E-state index < -0.39 is 0 Å². The summed E-state index contributed by atoms with van der Waals surface area (Å²) < 4.78 is 2.01. The molecule has 1 aliphatic carbocycles. The summed E-state index contributed by atoms with van der Waals surface area (Å²) in [4.78, 5) is 2.78. The zero-order valence-electron chi connectivity index (χ0n) is 12.9. The van der Waals surface area contributed by atoms with Crippen LogP contribution >= 0.6 is 0 Å². The van der Waals surface area contributed by atoms with Crippen molar-refractivity contribution in [3.8, 4) is 0 Å². The van der Waals surface area contributed by atoms with Crippen LogP contribution in [-0.2, 0) is 13.5 Å². The summed E-state index contributed by atoms with van der Waals surface area (Å²) in [6.45, 7) is 5.86. The molecular formula is C16H28N4. The van der Waals surface area contributed by atoms with Gasteiger partial charge in [-0.1, -0.05) is 19.3 Å². The van der Waals surface area contributed by atoms with E-state index in [1.807, 2.05) is 17.9 Å². The molecule has 3 rings (SSSR count). The van der Waals surface area contributed by atoms with Crippen LogP contribution in [0.15, 0.2) is 12.3 Å². The predicted molar refractivity (Wildman–Crippen MR) is 81.8 cm³/mol. The minimum Gasteiger partial charge on any atom is -0.311 e. The van der Waals surface area contributed by atoms with E-state index in [-0.39, 0.29) is 0 Å². The zero-order chi connectivity index (χ0) is 14.0. The summed E-state index contributed by atoms with van der Waals surface area (Å²) in [7, 11) is 2.05. The van der Waals surface area contributed by atoms with E-state index in [0.29, 0.717) is 11.6 Å². The monoisotopic (exact) mass is 276 g/mol. The maximum absolute atomic E-state index is 4.29. The van der Waals surface area contributed by atoms with Crippen molar-refractivity contribution in [2.45, 2.75) is 57.0 Å². The second kappa shape index (κ2) is 5.86. The van der Waals surface area contributed by atoms with Gasteiger partial charge in [0.2, 0.25) is 0 Å². The van der Waals surface area contributed by atoms with Crippen molar-refractivity contribution in [3.05, 3.63) is 18.0 Å². The number of rotatable bonds is 3. The molecule has 1 N–H and O–H groups in total. The van der Waals surface area contributed by atoms with E-state index in [1.165, 1.54) is 57.4 Å². The van der Waals surface area contributed by atoms with Gasteiger partial charge in [-0.15, -0.1) is 0 Å². The van der Waals surface area contributed by atoms with Crippen molar-refractivity contribution in [1.82, 2.24) is 20.0 Å². The predicted octanol–water partition coefficient (Wildman–Crippen LogP) is 1.96. The lowest BCUT2D eigenvalue weighted by Gasteiger charge is -2.51. The van der Waals surface area contributed by atoms with Gasteiger partial charge in [-0.2, -0.15) is 5.10 Å². The van der Waals surface area contributed by atoms with Gasteiger partial charge in [0, 0.05) is 56.6 Å². The average molecular weight is 276 g/mol. The van der Waals surface area contributed by atoms with Crippen molar-refractivity contribution in [2.75, 3.05) is 19.6 Å². The Kier molecular flexibility index (Phi) is 4.13. The highest BCUT2D eigenvalue weighted by atomic mass is 15.3. The van der Waals surface area contributed by atoms with Gasteiger partial charge >= 0.3 is 0 Å². The highest BCUT2D eigenvalue weighted by Crippen LogP contribution is 2.35. The second-order valence-corrected chi connectivity index (χ2v) is 6.71. The maximum atomic E-state index is 4.29. The number of nitrogens with zero attached hydrogens (tertiary/aromatic N) is 3. The number of hydrogen-bond donors (Lipinski definition) is 1.